The second kappa shape index (κ2) is 7.64. The third-order valence-electron chi connectivity index (χ3n) is 4.38. The number of aryl methyl sites for hydroxylation is 1. The standard InChI is InChI=1S/C18H20Cl2N2O2S/c1-14-2-5-16(6-3-14)25(23,24)22-10-8-21(9-11-22)13-15-4-7-17(19)18(20)12-15/h2-7,12H,8-11,13H2,1H3. The van der Waals surface area contributed by atoms with E-state index >= 15 is 0 Å². The summed E-state index contributed by atoms with van der Waals surface area (Å²) in [7, 11) is -3.42. The van der Waals surface area contributed by atoms with Gasteiger partial charge in [-0.15, -0.1) is 0 Å². The van der Waals surface area contributed by atoms with Crippen LogP contribution in [0.25, 0.3) is 0 Å². The van der Waals surface area contributed by atoms with Crippen molar-refractivity contribution in [2.24, 2.45) is 0 Å². The number of hydrogen-bond acceptors (Lipinski definition) is 3. The largest absolute Gasteiger partial charge is 0.296 e. The highest BCUT2D eigenvalue weighted by Gasteiger charge is 2.28. The summed E-state index contributed by atoms with van der Waals surface area (Å²) in [6.45, 7) is 5.01. The van der Waals surface area contributed by atoms with Gasteiger partial charge in [-0.1, -0.05) is 47.0 Å². The van der Waals surface area contributed by atoms with Gasteiger partial charge in [0.05, 0.1) is 14.9 Å². The lowest BCUT2D eigenvalue weighted by atomic mass is 10.2. The molecule has 1 aliphatic heterocycles. The molecule has 2 aromatic carbocycles. The van der Waals surface area contributed by atoms with Crippen LogP contribution in [0.2, 0.25) is 10.0 Å². The fourth-order valence-electron chi connectivity index (χ4n) is 2.88. The number of hydrogen-bond donors (Lipinski definition) is 0. The first-order chi connectivity index (χ1) is 11.9. The fourth-order valence-corrected chi connectivity index (χ4v) is 4.63. The lowest BCUT2D eigenvalue weighted by molar-refractivity contribution is 0.181. The first-order valence-electron chi connectivity index (χ1n) is 8.09. The normalized spacial score (nSPS) is 16.9. The van der Waals surface area contributed by atoms with Crippen molar-refractivity contribution in [1.29, 1.82) is 0 Å². The number of halogens is 2. The van der Waals surface area contributed by atoms with E-state index < -0.39 is 10.0 Å². The average Bonchev–Trinajstić information content (AvgIpc) is 2.59. The molecule has 0 N–H and O–H groups in total. The molecule has 1 heterocycles. The average molecular weight is 399 g/mol. The van der Waals surface area contributed by atoms with Gasteiger partial charge in [0.2, 0.25) is 10.0 Å². The van der Waals surface area contributed by atoms with Crippen molar-refractivity contribution < 1.29 is 8.42 Å². The smallest absolute Gasteiger partial charge is 0.243 e. The monoisotopic (exact) mass is 398 g/mol. The highest BCUT2D eigenvalue weighted by atomic mass is 35.5. The molecule has 0 saturated carbocycles. The third-order valence-corrected chi connectivity index (χ3v) is 7.03. The SMILES string of the molecule is Cc1ccc(S(=O)(=O)N2CCN(Cc3ccc(Cl)c(Cl)c3)CC2)cc1. The summed E-state index contributed by atoms with van der Waals surface area (Å²) in [5, 5.41) is 1.08. The molecule has 0 radical (unpaired) electrons. The van der Waals surface area contributed by atoms with Gasteiger partial charge in [-0.3, -0.25) is 4.90 Å². The number of benzene rings is 2. The van der Waals surface area contributed by atoms with E-state index in [0.29, 0.717) is 41.1 Å². The van der Waals surface area contributed by atoms with E-state index in [1.54, 1.807) is 22.5 Å². The Balaban J connectivity index is 1.63. The first kappa shape index (κ1) is 18.7. The molecule has 0 atom stereocenters. The minimum absolute atomic E-state index is 0.357. The van der Waals surface area contributed by atoms with Crippen LogP contribution in [0.5, 0.6) is 0 Å². The lowest BCUT2D eigenvalue weighted by Crippen LogP contribution is -2.48. The van der Waals surface area contributed by atoms with E-state index in [9.17, 15) is 8.42 Å². The summed E-state index contributed by atoms with van der Waals surface area (Å²) in [5.41, 5.74) is 2.12. The maximum absolute atomic E-state index is 12.7. The maximum atomic E-state index is 12.7. The molecule has 1 aliphatic rings. The van der Waals surface area contributed by atoms with Crippen LogP contribution in [0.3, 0.4) is 0 Å². The van der Waals surface area contributed by atoms with Crippen LogP contribution < -0.4 is 0 Å². The number of piperazine rings is 1. The van der Waals surface area contributed by atoms with Crippen molar-refractivity contribution in [2.45, 2.75) is 18.4 Å². The van der Waals surface area contributed by atoms with Crippen molar-refractivity contribution in [3.63, 3.8) is 0 Å². The van der Waals surface area contributed by atoms with E-state index in [1.165, 1.54) is 0 Å². The molecule has 7 heteroatoms. The molecular weight excluding hydrogens is 379 g/mol. The van der Waals surface area contributed by atoms with E-state index in [0.717, 1.165) is 17.7 Å². The first-order valence-corrected chi connectivity index (χ1v) is 10.3. The third kappa shape index (κ3) is 4.36. The van der Waals surface area contributed by atoms with Gasteiger partial charge in [-0.05, 0) is 36.8 Å². The van der Waals surface area contributed by atoms with Gasteiger partial charge in [0, 0.05) is 32.7 Å². The predicted octanol–water partition coefficient (Wildman–Crippen LogP) is 3.81. The Labute approximate surface area is 159 Å². The van der Waals surface area contributed by atoms with Crippen LogP contribution in [0.1, 0.15) is 11.1 Å². The number of sulfonamides is 1. The Morgan fingerprint density at radius 1 is 0.920 bits per heavy atom. The van der Waals surface area contributed by atoms with E-state index in [-0.39, 0.29) is 0 Å². The summed E-state index contributed by atoms with van der Waals surface area (Å²) in [4.78, 5) is 2.58. The Morgan fingerprint density at radius 3 is 2.16 bits per heavy atom. The zero-order valence-corrected chi connectivity index (χ0v) is 16.3. The lowest BCUT2D eigenvalue weighted by Gasteiger charge is -2.34. The van der Waals surface area contributed by atoms with Crippen LogP contribution in [-0.2, 0) is 16.6 Å². The van der Waals surface area contributed by atoms with Gasteiger partial charge >= 0.3 is 0 Å². The molecule has 0 spiro atoms. The number of nitrogens with zero attached hydrogens (tertiary/aromatic N) is 2. The van der Waals surface area contributed by atoms with Gasteiger partial charge in [0.25, 0.3) is 0 Å². The van der Waals surface area contributed by atoms with Gasteiger partial charge < -0.3 is 0 Å². The van der Waals surface area contributed by atoms with Crippen molar-refractivity contribution in [1.82, 2.24) is 9.21 Å². The minimum Gasteiger partial charge on any atom is -0.296 e. The van der Waals surface area contributed by atoms with Gasteiger partial charge in [0.1, 0.15) is 0 Å². The molecule has 3 rings (SSSR count). The zero-order valence-electron chi connectivity index (χ0n) is 14.0. The van der Waals surface area contributed by atoms with Crippen LogP contribution in [0, 0.1) is 6.92 Å². The molecular formula is C18H20Cl2N2O2S. The predicted molar refractivity (Wildman–Crippen MR) is 102 cm³/mol. The quantitative estimate of drug-likeness (QED) is 0.785. The van der Waals surface area contributed by atoms with E-state index in [2.05, 4.69) is 4.90 Å². The minimum atomic E-state index is -3.42. The molecule has 25 heavy (non-hydrogen) atoms. The summed E-state index contributed by atoms with van der Waals surface area (Å²) < 4.78 is 27.0. The zero-order chi connectivity index (χ0) is 18.0. The van der Waals surface area contributed by atoms with Crippen LogP contribution in [-0.4, -0.2) is 43.8 Å². The van der Waals surface area contributed by atoms with Crippen molar-refractivity contribution >= 4 is 33.2 Å². The summed E-state index contributed by atoms with van der Waals surface area (Å²) >= 11 is 12.0. The summed E-state index contributed by atoms with van der Waals surface area (Å²) in [6.07, 6.45) is 0. The van der Waals surface area contributed by atoms with Gasteiger partial charge in [-0.25, -0.2) is 8.42 Å². The number of rotatable bonds is 4. The Hall–Kier alpha value is -1.11. The second-order valence-corrected chi connectivity index (χ2v) is 8.99. The highest BCUT2D eigenvalue weighted by Crippen LogP contribution is 2.24. The van der Waals surface area contributed by atoms with Gasteiger partial charge in [0.15, 0.2) is 0 Å². The van der Waals surface area contributed by atoms with Gasteiger partial charge in [-0.2, -0.15) is 4.31 Å². The highest BCUT2D eigenvalue weighted by molar-refractivity contribution is 7.89. The molecule has 0 bridgehead atoms. The molecule has 1 saturated heterocycles. The summed E-state index contributed by atoms with van der Waals surface area (Å²) in [5.74, 6) is 0. The molecule has 0 unspecified atom stereocenters. The van der Waals surface area contributed by atoms with Crippen molar-refractivity contribution in [3.05, 3.63) is 63.6 Å². The summed E-state index contributed by atoms with van der Waals surface area (Å²) in [6, 6.07) is 12.6. The van der Waals surface area contributed by atoms with E-state index in [4.69, 9.17) is 23.2 Å². The van der Waals surface area contributed by atoms with E-state index in [1.807, 2.05) is 31.2 Å². The molecule has 0 aliphatic carbocycles. The Bertz CT molecular complexity index is 846. The molecule has 4 nitrogen and oxygen atoms in total. The maximum Gasteiger partial charge on any atom is 0.243 e. The van der Waals surface area contributed by atoms with Crippen molar-refractivity contribution in [2.75, 3.05) is 26.2 Å². The molecule has 134 valence electrons. The Kier molecular flexibility index (Phi) is 5.71. The second-order valence-electron chi connectivity index (χ2n) is 6.24. The van der Waals surface area contributed by atoms with Crippen LogP contribution in [0.4, 0.5) is 0 Å². The Morgan fingerprint density at radius 2 is 1.56 bits per heavy atom. The molecule has 1 fully saturated rings. The van der Waals surface area contributed by atoms with Crippen molar-refractivity contribution in [3.8, 4) is 0 Å². The fraction of sp³-hybridized carbons (Fsp3) is 0.333. The topological polar surface area (TPSA) is 40.6 Å². The van der Waals surface area contributed by atoms with Crippen LogP contribution >= 0.6 is 23.2 Å². The molecule has 0 amide bonds. The molecule has 0 aromatic heterocycles. The molecule has 2 aromatic rings. The van der Waals surface area contributed by atoms with Crippen LogP contribution in [0.15, 0.2) is 47.4 Å².